The highest BCUT2D eigenvalue weighted by molar-refractivity contribution is 5.85. The third-order valence-corrected chi connectivity index (χ3v) is 1.90. The van der Waals surface area contributed by atoms with Crippen molar-refractivity contribution < 1.29 is 8.78 Å². The van der Waals surface area contributed by atoms with Crippen molar-refractivity contribution in [3.05, 3.63) is 42.0 Å². The SMILES string of the molecule is Nc1ccc2cc(F)c(F)cc2c1. The first-order valence-corrected chi connectivity index (χ1v) is 3.81. The molecule has 0 saturated heterocycles. The molecule has 0 radical (unpaired) electrons. The molecule has 0 unspecified atom stereocenters. The third kappa shape index (κ3) is 1.33. The van der Waals surface area contributed by atoms with Gasteiger partial charge in [0.15, 0.2) is 11.6 Å². The molecule has 0 aliphatic heterocycles. The van der Waals surface area contributed by atoms with Crippen LogP contribution in [-0.4, -0.2) is 0 Å². The predicted molar refractivity (Wildman–Crippen MR) is 48.3 cm³/mol. The highest BCUT2D eigenvalue weighted by Crippen LogP contribution is 2.20. The summed E-state index contributed by atoms with van der Waals surface area (Å²) < 4.78 is 25.5. The lowest BCUT2D eigenvalue weighted by Gasteiger charge is -2.00. The Morgan fingerprint density at radius 1 is 0.846 bits per heavy atom. The minimum absolute atomic E-state index is 0.540. The number of anilines is 1. The number of benzene rings is 2. The van der Waals surface area contributed by atoms with Crippen LogP contribution in [0.15, 0.2) is 30.3 Å². The molecule has 0 aliphatic rings. The van der Waals surface area contributed by atoms with E-state index in [1.54, 1.807) is 18.2 Å². The maximum Gasteiger partial charge on any atom is 0.159 e. The molecule has 2 aromatic rings. The fraction of sp³-hybridized carbons (Fsp3) is 0. The van der Waals surface area contributed by atoms with E-state index < -0.39 is 11.6 Å². The Bertz CT molecular complexity index is 466. The van der Waals surface area contributed by atoms with Crippen LogP contribution in [0.1, 0.15) is 0 Å². The zero-order valence-corrected chi connectivity index (χ0v) is 6.72. The summed E-state index contributed by atoms with van der Waals surface area (Å²) in [5.74, 6) is -1.68. The lowest BCUT2D eigenvalue weighted by atomic mass is 10.1. The molecule has 3 heteroatoms. The molecule has 0 aliphatic carbocycles. The van der Waals surface area contributed by atoms with Crippen LogP contribution in [0.4, 0.5) is 14.5 Å². The van der Waals surface area contributed by atoms with Crippen molar-refractivity contribution in [2.45, 2.75) is 0 Å². The summed E-state index contributed by atoms with van der Waals surface area (Å²) in [6.45, 7) is 0. The smallest absolute Gasteiger partial charge is 0.159 e. The Kier molecular flexibility index (Phi) is 1.65. The summed E-state index contributed by atoms with van der Waals surface area (Å²) in [4.78, 5) is 0. The van der Waals surface area contributed by atoms with Crippen molar-refractivity contribution in [1.29, 1.82) is 0 Å². The molecule has 2 rings (SSSR count). The highest BCUT2D eigenvalue weighted by Gasteiger charge is 2.03. The summed E-state index contributed by atoms with van der Waals surface area (Å²) in [6, 6.07) is 7.22. The minimum atomic E-state index is -0.849. The Labute approximate surface area is 73.8 Å². The van der Waals surface area contributed by atoms with Crippen LogP contribution < -0.4 is 5.73 Å². The lowest BCUT2D eigenvalue weighted by Crippen LogP contribution is -1.87. The Morgan fingerprint density at radius 2 is 1.46 bits per heavy atom. The molecule has 0 heterocycles. The van der Waals surface area contributed by atoms with Gasteiger partial charge in [-0.25, -0.2) is 8.78 Å². The summed E-state index contributed by atoms with van der Waals surface area (Å²) in [5, 5.41) is 1.26. The van der Waals surface area contributed by atoms with Crippen molar-refractivity contribution in [3.63, 3.8) is 0 Å². The monoisotopic (exact) mass is 179 g/mol. The maximum atomic E-state index is 12.8. The van der Waals surface area contributed by atoms with Crippen LogP contribution in [-0.2, 0) is 0 Å². The number of rotatable bonds is 0. The molecular weight excluding hydrogens is 172 g/mol. The van der Waals surface area contributed by atoms with E-state index >= 15 is 0 Å². The van der Waals surface area contributed by atoms with Crippen LogP contribution in [0.5, 0.6) is 0 Å². The average Bonchev–Trinajstić information content (AvgIpc) is 2.08. The van der Waals surface area contributed by atoms with Gasteiger partial charge in [-0.15, -0.1) is 0 Å². The Morgan fingerprint density at radius 3 is 2.15 bits per heavy atom. The van der Waals surface area contributed by atoms with E-state index in [-0.39, 0.29) is 0 Å². The first-order valence-electron chi connectivity index (χ1n) is 3.81. The van der Waals surface area contributed by atoms with E-state index in [4.69, 9.17) is 5.73 Å². The molecule has 0 amide bonds. The summed E-state index contributed by atoms with van der Waals surface area (Å²) in [5.41, 5.74) is 6.04. The van der Waals surface area contributed by atoms with Gasteiger partial charge >= 0.3 is 0 Å². The van der Waals surface area contributed by atoms with Gasteiger partial charge in [-0.2, -0.15) is 0 Å². The van der Waals surface area contributed by atoms with E-state index in [2.05, 4.69) is 0 Å². The molecule has 0 aromatic heterocycles. The largest absolute Gasteiger partial charge is 0.399 e. The van der Waals surface area contributed by atoms with Crippen LogP contribution >= 0.6 is 0 Å². The van der Waals surface area contributed by atoms with Gasteiger partial charge in [0.05, 0.1) is 0 Å². The van der Waals surface area contributed by atoms with E-state index in [0.29, 0.717) is 16.5 Å². The highest BCUT2D eigenvalue weighted by atomic mass is 19.2. The average molecular weight is 179 g/mol. The predicted octanol–water partition coefficient (Wildman–Crippen LogP) is 2.70. The second-order valence-electron chi connectivity index (χ2n) is 2.87. The molecule has 2 aromatic carbocycles. The number of halogens is 2. The number of nitrogens with two attached hydrogens (primary N) is 1. The summed E-state index contributed by atoms with van der Waals surface area (Å²) in [6.07, 6.45) is 0. The molecule has 0 fully saturated rings. The maximum absolute atomic E-state index is 12.8. The van der Waals surface area contributed by atoms with Gasteiger partial charge in [0.2, 0.25) is 0 Å². The molecular formula is C10H7F2N. The van der Waals surface area contributed by atoms with Crippen LogP contribution in [0.3, 0.4) is 0 Å². The zero-order valence-electron chi connectivity index (χ0n) is 6.72. The minimum Gasteiger partial charge on any atom is -0.399 e. The zero-order chi connectivity index (χ0) is 9.42. The van der Waals surface area contributed by atoms with Gasteiger partial charge in [-0.1, -0.05) is 6.07 Å². The molecule has 0 atom stereocenters. The van der Waals surface area contributed by atoms with Crippen LogP contribution in [0, 0.1) is 11.6 Å². The second kappa shape index (κ2) is 2.69. The molecule has 0 bridgehead atoms. The fourth-order valence-corrected chi connectivity index (χ4v) is 1.26. The number of fused-ring (bicyclic) bond motifs is 1. The fourth-order valence-electron chi connectivity index (χ4n) is 1.26. The van der Waals surface area contributed by atoms with Crippen molar-refractivity contribution in [3.8, 4) is 0 Å². The van der Waals surface area contributed by atoms with Gasteiger partial charge < -0.3 is 5.73 Å². The standard InChI is InChI=1S/C10H7F2N/c11-9-4-6-1-2-8(13)3-7(6)5-10(9)12/h1-5H,13H2. The number of hydrogen-bond donors (Lipinski definition) is 1. The molecule has 2 N–H and O–H groups in total. The first kappa shape index (κ1) is 7.98. The Balaban J connectivity index is 2.81. The van der Waals surface area contributed by atoms with Crippen LogP contribution in [0.2, 0.25) is 0 Å². The van der Waals surface area contributed by atoms with Gasteiger partial charge in [0, 0.05) is 5.69 Å². The summed E-state index contributed by atoms with van der Waals surface area (Å²) >= 11 is 0. The number of nitrogen functional groups attached to an aromatic ring is 1. The van der Waals surface area contributed by atoms with Gasteiger partial charge in [-0.05, 0) is 35.0 Å². The molecule has 1 nitrogen and oxygen atoms in total. The van der Waals surface area contributed by atoms with Crippen LogP contribution in [0.25, 0.3) is 10.8 Å². The summed E-state index contributed by atoms with van der Waals surface area (Å²) in [7, 11) is 0. The number of hydrogen-bond acceptors (Lipinski definition) is 1. The van der Waals surface area contributed by atoms with E-state index in [0.717, 1.165) is 12.1 Å². The van der Waals surface area contributed by atoms with Crippen molar-refractivity contribution in [2.24, 2.45) is 0 Å². The van der Waals surface area contributed by atoms with Crippen molar-refractivity contribution in [2.75, 3.05) is 5.73 Å². The second-order valence-corrected chi connectivity index (χ2v) is 2.87. The van der Waals surface area contributed by atoms with Crippen molar-refractivity contribution >= 4 is 16.5 Å². The molecule has 66 valence electrons. The third-order valence-electron chi connectivity index (χ3n) is 1.90. The van der Waals surface area contributed by atoms with Gasteiger partial charge in [-0.3, -0.25) is 0 Å². The first-order chi connectivity index (χ1) is 6.16. The topological polar surface area (TPSA) is 26.0 Å². The molecule has 13 heavy (non-hydrogen) atoms. The van der Waals surface area contributed by atoms with E-state index in [1.165, 1.54) is 0 Å². The Hall–Kier alpha value is -1.64. The molecule has 0 saturated carbocycles. The normalized spacial score (nSPS) is 10.6. The van der Waals surface area contributed by atoms with Gasteiger partial charge in [0.1, 0.15) is 0 Å². The lowest BCUT2D eigenvalue weighted by molar-refractivity contribution is 0.511. The van der Waals surface area contributed by atoms with E-state index in [9.17, 15) is 8.78 Å². The van der Waals surface area contributed by atoms with Gasteiger partial charge in [0.25, 0.3) is 0 Å². The quantitative estimate of drug-likeness (QED) is 0.618. The van der Waals surface area contributed by atoms with E-state index in [1.807, 2.05) is 0 Å². The molecule has 0 spiro atoms. The van der Waals surface area contributed by atoms with Crippen molar-refractivity contribution in [1.82, 2.24) is 0 Å².